The number of halogens is 1. The molecule has 0 bridgehead atoms. The van der Waals surface area contributed by atoms with Gasteiger partial charge in [-0.25, -0.2) is 8.42 Å². The molecule has 1 unspecified atom stereocenters. The van der Waals surface area contributed by atoms with Gasteiger partial charge in [0.05, 0.1) is 5.75 Å². The Hall–Kier alpha value is -0.590. The Kier molecular flexibility index (Phi) is 3.75. The van der Waals surface area contributed by atoms with Crippen LogP contribution in [0.2, 0.25) is 0 Å². The van der Waals surface area contributed by atoms with E-state index < -0.39 is 9.05 Å². The fraction of sp³-hybridized carbons (Fsp3) is 0.500. The molecular weight excluding hydrogens is 282 g/mol. The topological polar surface area (TPSA) is 54.5 Å². The summed E-state index contributed by atoms with van der Waals surface area (Å²) in [6.07, 6.45) is 0.274. The summed E-state index contributed by atoms with van der Waals surface area (Å²) in [6, 6.07) is 1.96. The zero-order chi connectivity index (χ0) is 12.5. The second kappa shape index (κ2) is 4.96. The molecule has 0 aliphatic carbocycles. The van der Waals surface area contributed by atoms with E-state index in [1.54, 1.807) is 16.2 Å². The number of likely N-dealkylation sites (tertiary alicyclic amines) is 1. The number of carbonyl (C=O) groups is 1. The summed E-state index contributed by atoms with van der Waals surface area (Å²) in [5, 5.41) is 3.94. The van der Waals surface area contributed by atoms with Crippen molar-refractivity contribution in [2.24, 2.45) is 5.92 Å². The molecule has 1 aromatic rings. The number of hydrogen-bond acceptors (Lipinski definition) is 4. The Balaban J connectivity index is 1.96. The first-order valence-electron chi connectivity index (χ1n) is 5.15. The van der Waals surface area contributed by atoms with Crippen LogP contribution < -0.4 is 0 Å². The molecule has 0 spiro atoms. The molecule has 1 aliphatic rings. The molecule has 1 atom stereocenters. The van der Waals surface area contributed by atoms with Crippen LogP contribution in [0.1, 0.15) is 12.0 Å². The number of amides is 1. The van der Waals surface area contributed by atoms with Gasteiger partial charge in [-0.05, 0) is 22.4 Å². The van der Waals surface area contributed by atoms with Crippen molar-refractivity contribution in [1.82, 2.24) is 4.90 Å². The smallest absolute Gasteiger partial charge is 0.232 e. The first-order valence-corrected chi connectivity index (χ1v) is 8.57. The van der Waals surface area contributed by atoms with Crippen molar-refractivity contribution in [1.29, 1.82) is 0 Å². The minimum Gasteiger partial charge on any atom is -0.338 e. The van der Waals surface area contributed by atoms with Crippen molar-refractivity contribution in [3.63, 3.8) is 0 Å². The molecule has 1 aliphatic heterocycles. The van der Waals surface area contributed by atoms with Gasteiger partial charge < -0.3 is 4.90 Å². The van der Waals surface area contributed by atoms with Gasteiger partial charge in [0, 0.05) is 36.1 Å². The molecule has 4 nitrogen and oxygen atoms in total. The van der Waals surface area contributed by atoms with Gasteiger partial charge in [-0.1, -0.05) is 0 Å². The fourth-order valence-electron chi connectivity index (χ4n) is 2.00. The molecule has 1 aromatic heterocycles. The number of hydrogen-bond donors (Lipinski definition) is 0. The lowest BCUT2D eigenvalue weighted by Gasteiger charge is -2.15. The molecule has 0 aromatic carbocycles. The predicted octanol–water partition coefficient (Wildman–Crippen LogP) is 1.67. The predicted molar refractivity (Wildman–Crippen MR) is 67.5 cm³/mol. The zero-order valence-electron chi connectivity index (χ0n) is 9.00. The summed E-state index contributed by atoms with van der Waals surface area (Å²) in [5.41, 5.74) is 1.08. The molecule has 17 heavy (non-hydrogen) atoms. The third kappa shape index (κ3) is 3.69. The highest BCUT2D eigenvalue weighted by Crippen LogP contribution is 2.23. The van der Waals surface area contributed by atoms with Gasteiger partial charge >= 0.3 is 0 Å². The second-order valence-corrected chi connectivity index (χ2v) is 7.78. The molecule has 7 heteroatoms. The average molecular weight is 294 g/mol. The zero-order valence-corrected chi connectivity index (χ0v) is 11.4. The van der Waals surface area contributed by atoms with Crippen molar-refractivity contribution in [3.05, 3.63) is 22.4 Å². The van der Waals surface area contributed by atoms with Crippen molar-refractivity contribution in [2.75, 3.05) is 12.3 Å². The molecule has 0 saturated carbocycles. The van der Waals surface area contributed by atoms with Crippen molar-refractivity contribution in [3.8, 4) is 0 Å². The van der Waals surface area contributed by atoms with Gasteiger partial charge in [-0.3, -0.25) is 4.79 Å². The third-order valence-electron chi connectivity index (χ3n) is 2.68. The van der Waals surface area contributed by atoms with Crippen LogP contribution >= 0.6 is 22.0 Å². The number of rotatable bonds is 4. The summed E-state index contributed by atoms with van der Waals surface area (Å²) in [7, 11) is 1.67. The Morgan fingerprint density at radius 1 is 1.53 bits per heavy atom. The summed E-state index contributed by atoms with van der Waals surface area (Å²) < 4.78 is 21.9. The standard InChI is InChI=1S/C10H12ClNO3S2/c11-17(14,15)7-9-3-10(13)12(5-9)4-8-1-2-16-6-8/h1-2,6,9H,3-5,7H2. The van der Waals surface area contributed by atoms with Crippen LogP contribution in [-0.2, 0) is 20.4 Å². The van der Waals surface area contributed by atoms with E-state index >= 15 is 0 Å². The van der Waals surface area contributed by atoms with Crippen LogP contribution in [0.4, 0.5) is 0 Å². The van der Waals surface area contributed by atoms with Crippen LogP contribution in [-0.4, -0.2) is 31.5 Å². The van der Waals surface area contributed by atoms with Gasteiger partial charge in [-0.2, -0.15) is 11.3 Å². The van der Waals surface area contributed by atoms with E-state index in [1.807, 2.05) is 16.8 Å². The Labute approximate surface area is 109 Å². The Morgan fingerprint density at radius 3 is 2.88 bits per heavy atom. The highest BCUT2D eigenvalue weighted by molar-refractivity contribution is 8.13. The van der Waals surface area contributed by atoms with Crippen LogP contribution in [0.3, 0.4) is 0 Å². The monoisotopic (exact) mass is 293 g/mol. The van der Waals surface area contributed by atoms with Crippen LogP contribution in [0.15, 0.2) is 16.8 Å². The number of thiophene rings is 1. The molecule has 2 heterocycles. The third-order valence-corrected chi connectivity index (χ3v) is 4.66. The summed E-state index contributed by atoms with van der Waals surface area (Å²) in [5.74, 6) is -0.300. The molecule has 2 rings (SSSR count). The Bertz CT molecular complexity index is 498. The molecule has 1 fully saturated rings. The molecule has 0 N–H and O–H groups in total. The maximum atomic E-state index is 11.7. The van der Waals surface area contributed by atoms with Gasteiger partial charge in [0.1, 0.15) is 0 Å². The molecular formula is C10H12ClNO3S2. The van der Waals surface area contributed by atoms with E-state index in [1.165, 1.54) is 0 Å². The average Bonchev–Trinajstić information content (AvgIpc) is 2.75. The van der Waals surface area contributed by atoms with Crippen LogP contribution in [0.5, 0.6) is 0 Å². The normalized spacial score (nSPS) is 21.1. The highest BCUT2D eigenvalue weighted by atomic mass is 35.7. The van der Waals surface area contributed by atoms with Crippen molar-refractivity contribution >= 4 is 37.0 Å². The molecule has 94 valence electrons. The van der Waals surface area contributed by atoms with Crippen molar-refractivity contribution in [2.45, 2.75) is 13.0 Å². The summed E-state index contributed by atoms with van der Waals surface area (Å²) in [4.78, 5) is 13.4. The lowest BCUT2D eigenvalue weighted by molar-refractivity contribution is -0.128. The molecule has 1 amide bonds. The van der Waals surface area contributed by atoms with Gasteiger partial charge in [0.2, 0.25) is 15.0 Å². The van der Waals surface area contributed by atoms with E-state index in [0.717, 1.165) is 5.56 Å². The van der Waals surface area contributed by atoms with E-state index in [9.17, 15) is 13.2 Å². The maximum absolute atomic E-state index is 11.7. The summed E-state index contributed by atoms with van der Waals surface area (Å²) in [6.45, 7) is 1.03. The largest absolute Gasteiger partial charge is 0.338 e. The SMILES string of the molecule is O=C1CC(CS(=O)(=O)Cl)CN1Cc1ccsc1. The van der Waals surface area contributed by atoms with Gasteiger partial charge in [-0.15, -0.1) is 0 Å². The van der Waals surface area contributed by atoms with Gasteiger partial charge in [0.25, 0.3) is 0 Å². The number of nitrogens with zero attached hydrogens (tertiary/aromatic N) is 1. The molecule has 0 radical (unpaired) electrons. The first kappa shape index (κ1) is 12.9. The maximum Gasteiger partial charge on any atom is 0.232 e. The van der Waals surface area contributed by atoms with E-state index in [4.69, 9.17) is 10.7 Å². The lowest BCUT2D eigenvalue weighted by atomic mass is 10.1. The lowest BCUT2D eigenvalue weighted by Crippen LogP contribution is -2.25. The number of carbonyl (C=O) groups excluding carboxylic acids is 1. The minimum absolute atomic E-state index is 0.00140. The first-order chi connectivity index (χ1) is 7.94. The van der Waals surface area contributed by atoms with Crippen molar-refractivity contribution < 1.29 is 13.2 Å². The van der Waals surface area contributed by atoms with E-state index in [0.29, 0.717) is 13.1 Å². The fourth-order valence-corrected chi connectivity index (χ4v) is 3.98. The Morgan fingerprint density at radius 2 is 2.29 bits per heavy atom. The van der Waals surface area contributed by atoms with E-state index in [-0.39, 0.29) is 24.0 Å². The summed E-state index contributed by atoms with van der Waals surface area (Å²) >= 11 is 1.58. The van der Waals surface area contributed by atoms with Crippen LogP contribution in [0.25, 0.3) is 0 Å². The quantitative estimate of drug-likeness (QED) is 0.794. The second-order valence-electron chi connectivity index (χ2n) is 4.18. The minimum atomic E-state index is -3.52. The van der Waals surface area contributed by atoms with Gasteiger partial charge in [0.15, 0.2) is 0 Å². The van der Waals surface area contributed by atoms with Crippen LogP contribution in [0, 0.1) is 5.92 Å². The molecule has 1 saturated heterocycles. The van der Waals surface area contributed by atoms with E-state index in [2.05, 4.69) is 0 Å². The highest BCUT2D eigenvalue weighted by Gasteiger charge is 2.32.